The fourth-order valence-electron chi connectivity index (χ4n) is 2.67. The lowest BCUT2D eigenvalue weighted by atomic mass is 10.0. The molecule has 1 fully saturated rings. The summed E-state index contributed by atoms with van der Waals surface area (Å²) in [5.41, 5.74) is 4.65. The lowest BCUT2D eigenvalue weighted by molar-refractivity contribution is 0.568. The van der Waals surface area contributed by atoms with Crippen molar-refractivity contribution >= 4 is 0 Å². The van der Waals surface area contributed by atoms with Crippen LogP contribution in [0.3, 0.4) is 0 Å². The number of nitrogens with zero attached hydrogens (tertiary/aromatic N) is 2. The molecule has 0 atom stereocenters. The van der Waals surface area contributed by atoms with Crippen LogP contribution in [0.15, 0.2) is 23.0 Å². The minimum Gasteiger partial charge on any atom is -0.472 e. The summed E-state index contributed by atoms with van der Waals surface area (Å²) in [4.78, 5) is 9.51. The van der Waals surface area contributed by atoms with Gasteiger partial charge in [0, 0.05) is 17.4 Å². The van der Waals surface area contributed by atoms with Crippen LogP contribution in [0.4, 0.5) is 0 Å². The highest BCUT2D eigenvalue weighted by atomic mass is 16.3. The average molecular weight is 285 g/mol. The molecular weight excluding hydrogens is 262 g/mol. The zero-order valence-electron chi connectivity index (χ0n) is 12.9. The number of furan rings is 1. The van der Waals surface area contributed by atoms with Gasteiger partial charge in [0.2, 0.25) is 0 Å². The number of aryl methyl sites for hydroxylation is 2. The molecule has 0 unspecified atom stereocenters. The Labute approximate surface area is 126 Å². The van der Waals surface area contributed by atoms with Crippen molar-refractivity contribution in [3.05, 3.63) is 35.5 Å². The SMILES string of the molecule is CCc1nc(-c2ccoc2)nc(CC)c1CCNC1CC1. The van der Waals surface area contributed by atoms with Gasteiger partial charge in [0.15, 0.2) is 5.82 Å². The molecule has 4 heteroatoms. The lowest BCUT2D eigenvalue weighted by Crippen LogP contribution is -2.21. The van der Waals surface area contributed by atoms with Gasteiger partial charge in [-0.05, 0) is 50.3 Å². The first-order valence-electron chi connectivity index (χ1n) is 7.96. The summed E-state index contributed by atoms with van der Waals surface area (Å²) < 4.78 is 5.15. The summed E-state index contributed by atoms with van der Waals surface area (Å²) in [6.45, 7) is 5.36. The Hall–Kier alpha value is -1.68. The average Bonchev–Trinajstić information content (AvgIpc) is 3.17. The molecule has 1 aliphatic carbocycles. The van der Waals surface area contributed by atoms with Crippen LogP contribution in [0, 0.1) is 0 Å². The van der Waals surface area contributed by atoms with Gasteiger partial charge in [0.25, 0.3) is 0 Å². The number of hydrogen-bond donors (Lipinski definition) is 1. The zero-order chi connectivity index (χ0) is 14.7. The van der Waals surface area contributed by atoms with Crippen LogP contribution in [-0.2, 0) is 19.3 Å². The summed E-state index contributed by atoms with van der Waals surface area (Å²) in [6.07, 6.45) is 8.95. The van der Waals surface area contributed by atoms with Gasteiger partial charge in [0.05, 0.1) is 11.8 Å². The van der Waals surface area contributed by atoms with Gasteiger partial charge in [-0.2, -0.15) is 0 Å². The lowest BCUT2D eigenvalue weighted by Gasteiger charge is -2.14. The number of rotatable bonds is 7. The molecule has 1 aliphatic rings. The molecule has 2 aromatic rings. The van der Waals surface area contributed by atoms with Crippen molar-refractivity contribution in [2.75, 3.05) is 6.54 Å². The summed E-state index contributed by atoms with van der Waals surface area (Å²) >= 11 is 0. The second-order valence-corrected chi connectivity index (χ2v) is 5.62. The van der Waals surface area contributed by atoms with E-state index in [9.17, 15) is 0 Å². The van der Waals surface area contributed by atoms with Crippen LogP contribution in [-0.4, -0.2) is 22.6 Å². The molecular formula is C17H23N3O. The Morgan fingerprint density at radius 3 is 2.43 bits per heavy atom. The van der Waals surface area contributed by atoms with E-state index in [0.29, 0.717) is 0 Å². The maximum absolute atomic E-state index is 5.15. The van der Waals surface area contributed by atoms with Crippen molar-refractivity contribution in [3.63, 3.8) is 0 Å². The standard InChI is InChI=1S/C17H23N3O/c1-3-15-14(7-9-18-13-5-6-13)16(4-2)20-17(19-15)12-8-10-21-11-12/h8,10-11,13,18H,3-7,9H2,1-2H3. The fourth-order valence-corrected chi connectivity index (χ4v) is 2.67. The van der Waals surface area contributed by atoms with E-state index in [1.54, 1.807) is 12.5 Å². The van der Waals surface area contributed by atoms with Crippen molar-refractivity contribution in [1.29, 1.82) is 0 Å². The molecule has 2 heterocycles. The Morgan fingerprint density at radius 2 is 1.90 bits per heavy atom. The molecule has 0 spiro atoms. The smallest absolute Gasteiger partial charge is 0.162 e. The second kappa shape index (κ2) is 6.39. The number of hydrogen-bond acceptors (Lipinski definition) is 4. The molecule has 1 saturated carbocycles. The monoisotopic (exact) mass is 285 g/mol. The summed E-state index contributed by atoms with van der Waals surface area (Å²) in [5, 5.41) is 3.58. The van der Waals surface area contributed by atoms with E-state index in [1.807, 2.05) is 6.07 Å². The normalized spacial score (nSPS) is 14.6. The highest BCUT2D eigenvalue weighted by Gasteiger charge is 2.20. The molecule has 21 heavy (non-hydrogen) atoms. The maximum Gasteiger partial charge on any atom is 0.162 e. The Balaban J connectivity index is 1.86. The van der Waals surface area contributed by atoms with Gasteiger partial charge in [-0.25, -0.2) is 9.97 Å². The van der Waals surface area contributed by atoms with Gasteiger partial charge >= 0.3 is 0 Å². The Morgan fingerprint density at radius 1 is 1.19 bits per heavy atom. The van der Waals surface area contributed by atoms with Gasteiger partial charge < -0.3 is 9.73 Å². The quantitative estimate of drug-likeness (QED) is 0.849. The van der Waals surface area contributed by atoms with E-state index in [2.05, 4.69) is 19.2 Å². The largest absolute Gasteiger partial charge is 0.472 e. The maximum atomic E-state index is 5.15. The van der Waals surface area contributed by atoms with Gasteiger partial charge in [-0.15, -0.1) is 0 Å². The van der Waals surface area contributed by atoms with E-state index in [-0.39, 0.29) is 0 Å². The number of nitrogens with one attached hydrogen (secondary N) is 1. The molecule has 0 radical (unpaired) electrons. The van der Waals surface area contributed by atoms with E-state index in [1.165, 1.54) is 29.8 Å². The van der Waals surface area contributed by atoms with Gasteiger partial charge in [0.1, 0.15) is 6.26 Å². The summed E-state index contributed by atoms with van der Waals surface area (Å²) in [6, 6.07) is 2.67. The summed E-state index contributed by atoms with van der Waals surface area (Å²) in [5.74, 6) is 0.788. The molecule has 4 nitrogen and oxygen atoms in total. The van der Waals surface area contributed by atoms with Crippen LogP contribution in [0.5, 0.6) is 0 Å². The third kappa shape index (κ3) is 3.32. The predicted molar refractivity (Wildman–Crippen MR) is 83.2 cm³/mol. The first kappa shape index (κ1) is 14.3. The van der Waals surface area contributed by atoms with Crippen LogP contribution >= 0.6 is 0 Å². The van der Waals surface area contributed by atoms with Crippen LogP contribution < -0.4 is 5.32 Å². The van der Waals surface area contributed by atoms with Crippen LogP contribution in [0.25, 0.3) is 11.4 Å². The van der Waals surface area contributed by atoms with Crippen LogP contribution in [0.1, 0.15) is 43.6 Å². The molecule has 0 aliphatic heterocycles. The molecule has 0 aromatic carbocycles. The third-order valence-electron chi connectivity index (χ3n) is 4.01. The molecule has 0 amide bonds. The second-order valence-electron chi connectivity index (χ2n) is 5.62. The molecule has 0 saturated heterocycles. The summed E-state index contributed by atoms with van der Waals surface area (Å²) in [7, 11) is 0. The molecule has 1 N–H and O–H groups in total. The third-order valence-corrected chi connectivity index (χ3v) is 4.01. The molecule has 2 aromatic heterocycles. The highest BCUT2D eigenvalue weighted by molar-refractivity contribution is 5.53. The Bertz CT molecular complexity index is 563. The molecule has 112 valence electrons. The van der Waals surface area contributed by atoms with Crippen molar-refractivity contribution < 1.29 is 4.42 Å². The predicted octanol–water partition coefficient (Wildman–Crippen LogP) is 3.16. The van der Waals surface area contributed by atoms with Gasteiger partial charge in [-0.3, -0.25) is 0 Å². The molecule has 3 rings (SSSR count). The zero-order valence-corrected chi connectivity index (χ0v) is 12.9. The van der Waals surface area contributed by atoms with Crippen molar-refractivity contribution in [2.24, 2.45) is 0 Å². The molecule has 0 bridgehead atoms. The first-order chi connectivity index (χ1) is 10.3. The Kier molecular flexibility index (Phi) is 4.34. The minimum absolute atomic E-state index is 0.756. The number of aromatic nitrogens is 2. The van der Waals surface area contributed by atoms with Gasteiger partial charge in [-0.1, -0.05) is 13.8 Å². The highest BCUT2D eigenvalue weighted by Crippen LogP contribution is 2.22. The van der Waals surface area contributed by atoms with Crippen LogP contribution in [0.2, 0.25) is 0 Å². The van der Waals surface area contributed by atoms with E-state index < -0.39 is 0 Å². The van der Waals surface area contributed by atoms with Crippen molar-refractivity contribution in [1.82, 2.24) is 15.3 Å². The van der Waals surface area contributed by atoms with E-state index >= 15 is 0 Å². The first-order valence-corrected chi connectivity index (χ1v) is 7.96. The van der Waals surface area contributed by atoms with E-state index in [0.717, 1.165) is 43.2 Å². The minimum atomic E-state index is 0.756. The fraction of sp³-hybridized carbons (Fsp3) is 0.529. The van der Waals surface area contributed by atoms with E-state index in [4.69, 9.17) is 14.4 Å². The van der Waals surface area contributed by atoms with Crippen molar-refractivity contribution in [3.8, 4) is 11.4 Å². The topological polar surface area (TPSA) is 51.0 Å². The van der Waals surface area contributed by atoms with Crippen molar-refractivity contribution in [2.45, 2.75) is 52.0 Å².